The molecule has 0 saturated heterocycles. The van der Waals surface area contributed by atoms with E-state index in [1.165, 1.54) is 0 Å². The summed E-state index contributed by atoms with van der Waals surface area (Å²) in [6, 6.07) is 7.39. The molecule has 0 spiro atoms. The number of hydrogen-bond donors (Lipinski definition) is 2. The first-order valence-electron chi connectivity index (χ1n) is 7.59. The van der Waals surface area contributed by atoms with E-state index in [1.807, 2.05) is 30.5 Å². The molecule has 0 saturated carbocycles. The van der Waals surface area contributed by atoms with E-state index in [1.54, 1.807) is 0 Å². The lowest BCUT2D eigenvalue weighted by atomic mass is 10.1. The maximum absolute atomic E-state index is 12.0. The molecule has 0 radical (unpaired) electrons. The molecule has 21 heavy (non-hydrogen) atoms. The highest BCUT2D eigenvalue weighted by Crippen LogP contribution is 2.19. The molecule has 2 aromatic rings. The van der Waals surface area contributed by atoms with Gasteiger partial charge in [-0.25, -0.2) is 0 Å². The summed E-state index contributed by atoms with van der Waals surface area (Å²) in [4.78, 5) is 15.1. The lowest BCUT2D eigenvalue weighted by molar-refractivity contribution is -0.146. The van der Waals surface area contributed by atoms with Gasteiger partial charge in [0.25, 0.3) is 0 Å². The van der Waals surface area contributed by atoms with Gasteiger partial charge < -0.3 is 15.5 Å². The number of nitrogens with one attached hydrogen (secondary N) is 1. The largest absolute Gasteiger partial charge is 0.464 e. The first-order chi connectivity index (χ1) is 10.1. The zero-order valence-corrected chi connectivity index (χ0v) is 12.8. The Morgan fingerprint density at radius 2 is 2.14 bits per heavy atom. The molecule has 0 aliphatic carbocycles. The Morgan fingerprint density at radius 1 is 1.38 bits per heavy atom. The third kappa shape index (κ3) is 4.08. The summed E-state index contributed by atoms with van der Waals surface area (Å²) >= 11 is 0. The molecule has 0 bridgehead atoms. The monoisotopic (exact) mass is 288 g/mol. The number of aromatic amines is 1. The fourth-order valence-electron chi connectivity index (χ4n) is 2.53. The third-order valence-electron chi connectivity index (χ3n) is 3.71. The number of H-pyrrole nitrogens is 1. The molecular formula is C17H24N2O2. The van der Waals surface area contributed by atoms with Gasteiger partial charge in [0.05, 0.1) is 6.61 Å². The molecule has 1 heterocycles. The van der Waals surface area contributed by atoms with Gasteiger partial charge in [0.2, 0.25) is 0 Å². The number of esters is 1. The average Bonchev–Trinajstić information content (AvgIpc) is 2.88. The Hall–Kier alpha value is -1.81. The van der Waals surface area contributed by atoms with E-state index < -0.39 is 6.04 Å². The quantitative estimate of drug-likeness (QED) is 0.769. The number of aromatic nitrogens is 1. The second-order valence-corrected chi connectivity index (χ2v) is 5.69. The van der Waals surface area contributed by atoms with Crippen molar-refractivity contribution in [2.24, 2.45) is 11.7 Å². The second kappa shape index (κ2) is 7.27. The zero-order valence-electron chi connectivity index (χ0n) is 12.8. The predicted octanol–water partition coefficient (Wildman–Crippen LogP) is 3.02. The Kier molecular flexibility index (Phi) is 5.39. The summed E-state index contributed by atoms with van der Waals surface area (Å²) in [5.74, 6) is 0.0717. The Morgan fingerprint density at radius 3 is 2.90 bits per heavy atom. The van der Waals surface area contributed by atoms with Gasteiger partial charge in [0.1, 0.15) is 6.04 Å². The number of rotatable bonds is 7. The van der Waals surface area contributed by atoms with Crippen molar-refractivity contribution in [1.82, 2.24) is 4.98 Å². The average molecular weight is 288 g/mol. The van der Waals surface area contributed by atoms with Crippen LogP contribution in [0.4, 0.5) is 0 Å². The Bertz CT molecular complexity index is 591. The molecule has 114 valence electrons. The van der Waals surface area contributed by atoms with Gasteiger partial charge in [-0.15, -0.1) is 0 Å². The van der Waals surface area contributed by atoms with Crippen LogP contribution in [0.15, 0.2) is 30.5 Å². The number of para-hydroxylation sites is 1. The van der Waals surface area contributed by atoms with Gasteiger partial charge in [-0.2, -0.15) is 0 Å². The number of hydrogen-bond acceptors (Lipinski definition) is 3. The molecular weight excluding hydrogens is 264 g/mol. The first-order valence-corrected chi connectivity index (χ1v) is 7.59. The van der Waals surface area contributed by atoms with Crippen LogP contribution >= 0.6 is 0 Å². The fraction of sp³-hybridized carbons (Fsp3) is 0.471. The molecule has 0 fully saturated rings. The van der Waals surface area contributed by atoms with Crippen LogP contribution in [0.3, 0.4) is 0 Å². The molecule has 4 heteroatoms. The van der Waals surface area contributed by atoms with Crippen molar-refractivity contribution in [3.05, 3.63) is 36.0 Å². The van der Waals surface area contributed by atoms with Crippen molar-refractivity contribution in [2.45, 2.75) is 39.2 Å². The van der Waals surface area contributed by atoms with Crippen LogP contribution in [0.5, 0.6) is 0 Å². The van der Waals surface area contributed by atoms with E-state index >= 15 is 0 Å². The van der Waals surface area contributed by atoms with Crippen LogP contribution in [0.25, 0.3) is 10.9 Å². The van der Waals surface area contributed by atoms with Crippen LogP contribution in [0, 0.1) is 5.92 Å². The summed E-state index contributed by atoms with van der Waals surface area (Å²) < 4.78 is 5.30. The molecule has 2 atom stereocenters. The highest BCUT2D eigenvalue weighted by atomic mass is 16.5. The van der Waals surface area contributed by atoms with E-state index in [-0.39, 0.29) is 5.97 Å². The van der Waals surface area contributed by atoms with Gasteiger partial charge in [-0.05, 0) is 24.0 Å². The smallest absolute Gasteiger partial charge is 0.323 e. The topological polar surface area (TPSA) is 68.1 Å². The second-order valence-electron chi connectivity index (χ2n) is 5.69. The van der Waals surface area contributed by atoms with Crippen molar-refractivity contribution >= 4 is 16.9 Å². The van der Waals surface area contributed by atoms with Gasteiger partial charge in [0, 0.05) is 23.5 Å². The summed E-state index contributed by atoms with van der Waals surface area (Å²) in [7, 11) is 0. The number of benzene rings is 1. The molecule has 2 unspecified atom stereocenters. The van der Waals surface area contributed by atoms with Crippen molar-refractivity contribution in [2.75, 3.05) is 6.61 Å². The zero-order chi connectivity index (χ0) is 15.2. The van der Waals surface area contributed by atoms with Crippen molar-refractivity contribution < 1.29 is 9.53 Å². The van der Waals surface area contributed by atoms with Crippen molar-refractivity contribution in [1.29, 1.82) is 0 Å². The number of nitrogens with two attached hydrogens (primary N) is 1. The number of fused-ring (bicyclic) bond motifs is 1. The molecule has 3 N–H and O–H groups in total. The van der Waals surface area contributed by atoms with Crippen LogP contribution in [-0.4, -0.2) is 23.6 Å². The summed E-state index contributed by atoms with van der Waals surface area (Å²) in [6.07, 6.45) is 4.56. The minimum Gasteiger partial charge on any atom is -0.464 e. The summed E-state index contributed by atoms with van der Waals surface area (Å²) in [5, 5.41) is 1.11. The highest BCUT2D eigenvalue weighted by Gasteiger charge is 2.18. The lowest BCUT2D eigenvalue weighted by Crippen LogP contribution is -2.35. The van der Waals surface area contributed by atoms with E-state index in [0.29, 0.717) is 18.9 Å². The molecule has 0 aliphatic rings. The lowest BCUT2D eigenvalue weighted by Gasteiger charge is -2.14. The van der Waals surface area contributed by atoms with Gasteiger partial charge in [-0.1, -0.05) is 38.5 Å². The van der Waals surface area contributed by atoms with E-state index in [4.69, 9.17) is 10.5 Å². The molecule has 4 nitrogen and oxygen atoms in total. The van der Waals surface area contributed by atoms with Crippen molar-refractivity contribution in [3.63, 3.8) is 0 Å². The van der Waals surface area contributed by atoms with E-state index in [0.717, 1.165) is 29.3 Å². The molecule has 2 rings (SSSR count). The van der Waals surface area contributed by atoms with Gasteiger partial charge >= 0.3 is 5.97 Å². The first kappa shape index (κ1) is 15.6. The predicted molar refractivity (Wildman–Crippen MR) is 85.0 cm³/mol. The molecule has 1 aromatic carbocycles. The van der Waals surface area contributed by atoms with Gasteiger partial charge in [0.15, 0.2) is 0 Å². The van der Waals surface area contributed by atoms with Crippen LogP contribution in [0.1, 0.15) is 32.3 Å². The number of carbonyl (C=O) groups is 1. The number of ether oxygens (including phenoxy) is 1. The molecule has 0 amide bonds. The standard InChI is InChI=1S/C17H24N2O2/c1-3-6-12(2)11-21-17(20)15(18)9-13-10-19-16-8-5-4-7-14(13)16/h4-5,7-8,10,12,15,19H,3,6,9,11,18H2,1-2H3. The minimum atomic E-state index is -0.613. The summed E-state index contributed by atoms with van der Waals surface area (Å²) in [5.41, 5.74) is 8.08. The number of carbonyl (C=O) groups excluding carboxylic acids is 1. The minimum absolute atomic E-state index is 0.316. The molecule has 0 aliphatic heterocycles. The highest BCUT2D eigenvalue weighted by molar-refractivity contribution is 5.84. The fourth-order valence-corrected chi connectivity index (χ4v) is 2.53. The Balaban J connectivity index is 1.91. The van der Waals surface area contributed by atoms with Crippen LogP contribution < -0.4 is 5.73 Å². The molecule has 1 aromatic heterocycles. The maximum atomic E-state index is 12.0. The maximum Gasteiger partial charge on any atom is 0.323 e. The van der Waals surface area contributed by atoms with Gasteiger partial charge in [-0.3, -0.25) is 4.79 Å². The Labute approximate surface area is 125 Å². The summed E-state index contributed by atoms with van der Waals surface area (Å²) in [6.45, 7) is 4.66. The van der Waals surface area contributed by atoms with E-state index in [9.17, 15) is 4.79 Å². The van der Waals surface area contributed by atoms with Crippen LogP contribution in [0.2, 0.25) is 0 Å². The SMILES string of the molecule is CCCC(C)COC(=O)C(N)Cc1c[nH]c2ccccc12. The van der Waals surface area contributed by atoms with E-state index in [2.05, 4.69) is 18.8 Å². The van der Waals surface area contributed by atoms with Crippen molar-refractivity contribution in [3.8, 4) is 0 Å². The third-order valence-corrected chi connectivity index (χ3v) is 3.71. The normalized spacial score (nSPS) is 14.0. The van der Waals surface area contributed by atoms with Crippen LogP contribution in [-0.2, 0) is 16.0 Å².